The van der Waals surface area contributed by atoms with Crippen LogP contribution in [0.4, 0.5) is 26.5 Å². The lowest BCUT2D eigenvalue weighted by atomic mass is 10.2. The molecule has 0 spiro atoms. The van der Waals surface area contributed by atoms with Gasteiger partial charge in [-0.3, -0.25) is 5.32 Å². The van der Waals surface area contributed by atoms with E-state index < -0.39 is 50.4 Å². The summed E-state index contributed by atoms with van der Waals surface area (Å²) in [4.78, 5) is 53.2. The summed E-state index contributed by atoms with van der Waals surface area (Å²) in [5, 5.41) is 5.64. The van der Waals surface area contributed by atoms with E-state index in [-0.39, 0.29) is 32.1 Å². The first-order chi connectivity index (χ1) is 16.4. The fraction of sp³-hybridized carbons (Fsp3) is 0.700. The van der Waals surface area contributed by atoms with Gasteiger partial charge in [-0.05, 0) is 34.6 Å². The van der Waals surface area contributed by atoms with Crippen molar-refractivity contribution in [1.29, 1.82) is 0 Å². The number of ether oxygens (including phenoxy) is 4. The molecule has 1 amide bonds. The predicted molar refractivity (Wildman–Crippen MR) is 123 cm³/mol. The van der Waals surface area contributed by atoms with Gasteiger partial charge in [0, 0.05) is 6.42 Å². The van der Waals surface area contributed by atoms with Crippen molar-refractivity contribution in [3.63, 3.8) is 0 Å². The maximum Gasteiger partial charge on any atom is 0.413 e. The molecule has 1 aromatic rings. The Morgan fingerprint density at radius 3 is 2.71 bits per heavy atom. The Kier molecular flexibility index (Phi) is 8.65. The lowest BCUT2D eigenvalue weighted by Crippen LogP contribution is -2.40. The number of carbonyl (C=O) groups is 2. The minimum Gasteiger partial charge on any atom is -0.464 e. The van der Waals surface area contributed by atoms with Gasteiger partial charge in [-0.2, -0.15) is 0 Å². The number of esters is 1. The number of nitrogens with zero attached hydrogens (tertiary/aromatic N) is 3. The quantitative estimate of drug-likeness (QED) is 0.292. The van der Waals surface area contributed by atoms with E-state index in [1.54, 1.807) is 39.5 Å². The molecule has 1 fully saturated rings. The van der Waals surface area contributed by atoms with E-state index in [0.717, 1.165) is 0 Å². The van der Waals surface area contributed by atoms with Crippen LogP contribution in [0.2, 0.25) is 0 Å². The summed E-state index contributed by atoms with van der Waals surface area (Å²) in [5.74, 6) is -1.61. The van der Waals surface area contributed by atoms with Crippen LogP contribution in [0.25, 0.3) is 0 Å². The van der Waals surface area contributed by atoms with Crippen LogP contribution in [-0.2, 0) is 23.7 Å². The van der Waals surface area contributed by atoms with Crippen LogP contribution in [-0.4, -0.2) is 81.6 Å². The van der Waals surface area contributed by atoms with E-state index in [2.05, 4.69) is 20.6 Å². The molecule has 35 heavy (non-hydrogen) atoms. The molecule has 0 aliphatic carbocycles. The standard InChI is InChI=1S/C20H31FN5O8P/c1-6-31-17(27)18(35(29)30)32-8-11-7-12(21)16(33-11)26-9-22-13-14(23-10(2)24-15(13)26)25-19(28)34-20(3,4)5/h11-12,16,18,22,29-30H,6-9H2,1-5H3,(H,23,24,25,28). The van der Waals surface area contributed by atoms with Crippen molar-refractivity contribution in [3.05, 3.63) is 5.82 Å². The van der Waals surface area contributed by atoms with Crippen molar-refractivity contribution in [2.75, 3.05) is 35.4 Å². The molecular weight excluding hydrogens is 488 g/mol. The lowest BCUT2D eigenvalue weighted by Gasteiger charge is -2.26. The number of amides is 1. The van der Waals surface area contributed by atoms with E-state index in [0.29, 0.717) is 17.3 Å². The highest BCUT2D eigenvalue weighted by Crippen LogP contribution is 2.40. The SMILES string of the molecule is CCOC(=O)C(OCC1CC(F)C(N2CNc3c(NC(=O)OC(C)(C)C)nc(C)nc32)O1)P(O)O. The van der Waals surface area contributed by atoms with Gasteiger partial charge < -0.3 is 39.0 Å². The monoisotopic (exact) mass is 519 g/mol. The van der Waals surface area contributed by atoms with Gasteiger partial charge in [0.25, 0.3) is 0 Å². The maximum absolute atomic E-state index is 15.0. The molecule has 4 N–H and O–H groups in total. The fourth-order valence-electron chi connectivity index (χ4n) is 3.59. The highest BCUT2D eigenvalue weighted by molar-refractivity contribution is 7.46. The van der Waals surface area contributed by atoms with Crippen molar-refractivity contribution in [2.45, 2.75) is 71.0 Å². The number of aromatic nitrogens is 2. The first-order valence-electron chi connectivity index (χ1n) is 11.0. The first kappa shape index (κ1) is 27.2. The molecular formula is C20H31FN5O8P. The smallest absolute Gasteiger partial charge is 0.413 e. The third-order valence-corrected chi connectivity index (χ3v) is 5.67. The van der Waals surface area contributed by atoms with Gasteiger partial charge in [0.2, 0.25) is 14.2 Å². The second-order valence-electron chi connectivity index (χ2n) is 8.91. The van der Waals surface area contributed by atoms with Crippen molar-refractivity contribution < 1.29 is 42.7 Å². The normalized spacial score (nSPS) is 22.5. The minimum atomic E-state index is -2.75. The Morgan fingerprint density at radius 2 is 2.09 bits per heavy atom. The molecule has 1 aromatic heterocycles. The van der Waals surface area contributed by atoms with Crippen molar-refractivity contribution in [3.8, 4) is 0 Å². The van der Waals surface area contributed by atoms with Gasteiger partial charge >= 0.3 is 12.1 Å². The van der Waals surface area contributed by atoms with E-state index >= 15 is 0 Å². The Morgan fingerprint density at radius 1 is 1.37 bits per heavy atom. The van der Waals surface area contributed by atoms with Crippen LogP contribution in [0, 0.1) is 6.92 Å². The highest BCUT2D eigenvalue weighted by atomic mass is 31.2. The van der Waals surface area contributed by atoms with Crippen molar-refractivity contribution in [2.24, 2.45) is 0 Å². The average molecular weight is 519 g/mol. The summed E-state index contributed by atoms with van der Waals surface area (Å²) in [6.45, 7) is 8.35. The number of rotatable bonds is 8. The molecule has 2 aliphatic rings. The molecule has 4 atom stereocenters. The number of halogens is 1. The molecule has 1 saturated heterocycles. The number of aryl methyl sites for hydroxylation is 1. The van der Waals surface area contributed by atoms with Gasteiger partial charge in [-0.25, -0.2) is 23.9 Å². The van der Waals surface area contributed by atoms with Crippen molar-refractivity contribution >= 4 is 37.8 Å². The second-order valence-corrected chi connectivity index (χ2v) is 10.0. The van der Waals surface area contributed by atoms with Crippen LogP contribution >= 0.6 is 8.38 Å². The topological polar surface area (TPSA) is 165 Å². The van der Waals surface area contributed by atoms with Gasteiger partial charge in [0.1, 0.15) is 23.3 Å². The average Bonchev–Trinajstić information content (AvgIpc) is 3.29. The molecule has 3 heterocycles. The molecule has 0 bridgehead atoms. The summed E-state index contributed by atoms with van der Waals surface area (Å²) < 4.78 is 36.1. The number of hydrogen-bond acceptors (Lipinski definition) is 12. The van der Waals surface area contributed by atoms with Gasteiger partial charge in [-0.15, -0.1) is 0 Å². The van der Waals surface area contributed by atoms with Crippen LogP contribution in [0.1, 0.15) is 39.9 Å². The third kappa shape index (κ3) is 6.85. The zero-order valence-electron chi connectivity index (χ0n) is 20.1. The summed E-state index contributed by atoms with van der Waals surface area (Å²) >= 11 is 0. The molecule has 2 aliphatic heterocycles. The predicted octanol–water partition coefficient (Wildman–Crippen LogP) is 1.98. The summed E-state index contributed by atoms with van der Waals surface area (Å²) in [6.07, 6.45) is -3.96. The number of fused-ring (bicyclic) bond motifs is 1. The molecule has 0 radical (unpaired) electrons. The molecule has 196 valence electrons. The van der Waals surface area contributed by atoms with Crippen LogP contribution in [0.5, 0.6) is 0 Å². The molecule has 4 unspecified atom stereocenters. The maximum atomic E-state index is 15.0. The first-order valence-corrected chi connectivity index (χ1v) is 12.3. The fourth-order valence-corrected chi connectivity index (χ4v) is 4.07. The Balaban J connectivity index is 1.69. The van der Waals surface area contributed by atoms with E-state index in [1.165, 1.54) is 0 Å². The second kappa shape index (κ2) is 11.1. The Bertz CT molecular complexity index is 934. The van der Waals surface area contributed by atoms with Crippen LogP contribution in [0.15, 0.2) is 0 Å². The third-order valence-electron chi connectivity index (χ3n) is 4.89. The molecule has 0 aromatic carbocycles. The number of anilines is 3. The number of alkyl halides is 1. The van der Waals surface area contributed by atoms with Crippen LogP contribution < -0.4 is 15.5 Å². The largest absolute Gasteiger partial charge is 0.464 e. The lowest BCUT2D eigenvalue weighted by molar-refractivity contribution is -0.153. The van der Waals surface area contributed by atoms with Gasteiger partial charge in [-0.1, -0.05) is 0 Å². The minimum absolute atomic E-state index is 0.0455. The zero-order chi connectivity index (χ0) is 25.9. The van der Waals surface area contributed by atoms with Gasteiger partial charge in [0.15, 0.2) is 17.9 Å². The number of carbonyl (C=O) groups excluding carboxylic acids is 2. The molecule has 13 nitrogen and oxygen atoms in total. The highest BCUT2D eigenvalue weighted by Gasteiger charge is 2.44. The van der Waals surface area contributed by atoms with E-state index in [4.69, 9.17) is 18.9 Å². The zero-order valence-corrected chi connectivity index (χ0v) is 21.0. The molecule has 3 rings (SSSR count). The van der Waals surface area contributed by atoms with E-state index in [9.17, 15) is 23.8 Å². The summed E-state index contributed by atoms with van der Waals surface area (Å²) in [7, 11) is -2.75. The van der Waals surface area contributed by atoms with Gasteiger partial charge in [0.05, 0.1) is 26.0 Å². The number of hydrogen-bond donors (Lipinski definition) is 4. The van der Waals surface area contributed by atoms with Crippen LogP contribution in [0.3, 0.4) is 0 Å². The summed E-state index contributed by atoms with van der Waals surface area (Å²) in [6, 6.07) is 0. The Labute approximate surface area is 203 Å². The summed E-state index contributed by atoms with van der Waals surface area (Å²) in [5.41, 5.74) is -0.310. The van der Waals surface area contributed by atoms with E-state index in [1.807, 2.05) is 0 Å². The molecule has 15 heteroatoms. The number of nitrogens with one attached hydrogen (secondary N) is 2. The molecule has 0 saturated carbocycles. The van der Waals surface area contributed by atoms with Crippen molar-refractivity contribution in [1.82, 2.24) is 9.97 Å². The Hall–Kier alpha value is -2.38.